The van der Waals surface area contributed by atoms with E-state index in [-0.39, 0.29) is 29.7 Å². The second-order valence-corrected chi connectivity index (χ2v) is 6.55. The smallest absolute Gasteiger partial charge is 0.433 e. The van der Waals surface area contributed by atoms with Gasteiger partial charge in [-0.25, -0.2) is 14.8 Å². The summed E-state index contributed by atoms with van der Waals surface area (Å²) in [7, 11) is 0. The lowest BCUT2D eigenvalue weighted by molar-refractivity contribution is -0.141. The SMILES string of the molecule is CCOC(=O)c1cn(Cc2cccc(Br)n2)c2nc(C(F)(F)F)ccc2c1=O. The Labute approximate surface area is 165 Å². The van der Waals surface area contributed by atoms with E-state index in [2.05, 4.69) is 25.9 Å². The van der Waals surface area contributed by atoms with Crippen molar-refractivity contribution in [3.05, 3.63) is 68.3 Å². The maximum absolute atomic E-state index is 13.1. The zero-order valence-electron chi connectivity index (χ0n) is 14.5. The minimum atomic E-state index is -4.68. The van der Waals surface area contributed by atoms with Crippen molar-refractivity contribution in [3.8, 4) is 0 Å². The van der Waals surface area contributed by atoms with Crippen molar-refractivity contribution in [2.75, 3.05) is 6.61 Å². The van der Waals surface area contributed by atoms with E-state index < -0.39 is 23.3 Å². The summed E-state index contributed by atoms with van der Waals surface area (Å²) in [5.74, 6) is -0.856. The number of hydrogen-bond acceptors (Lipinski definition) is 5. The zero-order valence-corrected chi connectivity index (χ0v) is 16.0. The van der Waals surface area contributed by atoms with Crippen LogP contribution in [-0.2, 0) is 17.5 Å². The number of aromatic nitrogens is 3. The van der Waals surface area contributed by atoms with Crippen molar-refractivity contribution >= 4 is 32.9 Å². The fraction of sp³-hybridized carbons (Fsp3) is 0.222. The van der Waals surface area contributed by atoms with Crippen LogP contribution in [0.4, 0.5) is 13.2 Å². The Balaban J connectivity index is 2.25. The normalized spacial score (nSPS) is 11.6. The molecule has 0 saturated heterocycles. The van der Waals surface area contributed by atoms with Crippen molar-refractivity contribution in [2.24, 2.45) is 0 Å². The van der Waals surface area contributed by atoms with Gasteiger partial charge in [0, 0.05) is 6.20 Å². The first kappa shape index (κ1) is 20.0. The maximum Gasteiger partial charge on any atom is 0.433 e. The molecule has 0 radical (unpaired) electrons. The molecule has 3 aromatic heterocycles. The van der Waals surface area contributed by atoms with Gasteiger partial charge in [0.25, 0.3) is 0 Å². The Kier molecular flexibility index (Phi) is 5.50. The van der Waals surface area contributed by atoms with E-state index in [1.807, 2.05) is 0 Å². The van der Waals surface area contributed by atoms with Crippen LogP contribution in [0.2, 0.25) is 0 Å². The Bertz CT molecular complexity index is 1110. The van der Waals surface area contributed by atoms with E-state index in [4.69, 9.17) is 4.74 Å². The zero-order chi connectivity index (χ0) is 20.5. The highest BCUT2D eigenvalue weighted by Crippen LogP contribution is 2.28. The lowest BCUT2D eigenvalue weighted by Crippen LogP contribution is -2.22. The molecule has 0 amide bonds. The third kappa shape index (κ3) is 4.06. The Morgan fingerprint density at radius 1 is 1.21 bits per heavy atom. The molecule has 0 aliphatic rings. The number of halogens is 4. The summed E-state index contributed by atoms with van der Waals surface area (Å²) in [5.41, 5.74) is -1.87. The van der Waals surface area contributed by atoms with Crippen LogP contribution in [0, 0.1) is 0 Å². The number of fused-ring (bicyclic) bond motifs is 1. The summed E-state index contributed by atoms with van der Waals surface area (Å²) in [5, 5.41) is -0.117. The molecule has 0 N–H and O–H groups in total. The molecule has 0 bridgehead atoms. The first-order chi connectivity index (χ1) is 13.2. The van der Waals surface area contributed by atoms with Gasteiger partial charge in [0.1, 0.15) is 21.5 Å². The van der Waals surface area contributed by atoms with Gasteiger partial charge in [-0.05, 0) is 47.1 Å². The maximum atomic E-state index is 13.1. The summed E-state index contributed by atoms with van der Waals surface area (Å²) in [6, 6.07) is 6.78. The molecule has 0 aliphatic carbocycles. The summed E-state index contributed by atoms with van der Waals surface area (Å²) in [6.07, 6.45) is -3.53. The number of ether oxygens (including phenoxy) is 1. The predicted molar refractivity (Wildman–Crippen MR) is 98.0 cm³/mol. The van der Waals surface area contributed by atoms with Gasteiger partial charge in [-0.15, -0.1) is 0 Å². The van der Waals surface area contributed by atoms with Crippen molar-refractivity contribution in [2.45, 2.75) is 19.6 Å². The van der Waals surface area contributed by atoms with E-state index in [0.29, 0.717) is 16.4 Å². The molecule has 0 aliphatic heterocycles. The van der Waals surface area contributed by atoms with Gasteiger partial charge in [-0.2, -0.15) is 13.2 Å². The molecule has 0 spiro atoms. The molecule has 3 aromatic rings. The van der Waals surface area contributed by atoms with E-state index in [0.717, 1.165) is 12.3 Å². The number of carbonyl (C=O) groups excluding carboxylic acids is 1. The first-order valence-electron chi connectivity index (χ1n) is 8.10. The summed E-state index contributed by atoms with van der Waals surface area (Å²) in [6.45, 7) is 1.63. The number of esters is 1. The third-order valence-corrected chi connectivity index (χ3v) is 4.25. The largest absolute Gasteiger partial charge is 0.462 e. The highest BCUT2D eigenvalue weighted by Gasteiger charge is 2.33. The Hall–Kier alpha value is -2.75. The molecule has 146 valence electrons. The average Bonchev–Trinajstić information content (AvgIpc) is 2.63. The van der Waals surface area contributed by atoms with Gasteiger partial charge in [0.15, 0.2) is 0 Å². The molecular formula is C18H13BrF3N3O3. The van der Waals surface area contributed by atoms with E-state index in [1.165, 1.54) is 4.57 Å². The minimum Gasteiger partial charge on any atom is -0.462 e. The van der Waals surface area contributed by atoms with Crippen molar-refractivity contribution in [1.29, 1.82) is 0 Å². The van der Waals surface area contributed by atoms with E-state index >= 15 is 0 Å². The second kappa shape index (κ2) is 7.70. The number of hydrogen-bond donors (Lipinski definition) is 0. The van der Waals surface area contributed by atoms with Gasteiger partial charge in [0.2, 0.25) is 5.43 Å². The summed E-state index contributed by atoms with van der Waals surface area (Å²) >= 11 is 3.22. The van der Waals surface area contributed by atoms with Crippen molar-refractivity contribution < 1.29 is 22.7 Å². The predicted octanol–water partition coefficient (Wildman–Crippen LogP) is 3.80. The number of rotatable bonds is 4. The minimum absolute atomic E-state index is 0.00304. The van der Waals surface area contributed by atoms with Crippen LogP contribution in [0.1, 0.15) is 28.7 Å². The number of pyridine rings is 3. The molecule has 3 heterocycles. The molecule has 10 heteroatoms. The standard InChI is InChI=1S/C18H13BrF3N3O3/c1-2-28-17(27)12-9-25(8-10-4-3-5-14(19)23-10)16-11(15(12)26)6-7-13(24-16)18(20,21)22/h3-7,9H,2,8H2,1H3. The van der Waals surface area contributed by atoms with Crippen LogP contribution in [-0.4, -0.2) is 27.1 Å². The molecule has 6 nitrogen and oxygen atoms in total. The first-order valence-corrected chi connectivity index (χ1v) is 8.90. The van der Waals surface area contributed by atoms with Gasteiger partial charge in [-0.3, -0.25) is 4.79 Å². The van der Waals surface area contributed by atoms with Crippen LogP contribution < -0.4 is 5.43 Å². The fourth-order valence-electron chi connectivity index (χ4n) is 2.61. The number of carbonyl (C=O) groups is 1. The van der Waals surface area contributed by atoms with E-state index in [1.54, 1.807) is 25.1 Å². The molecule has 3 rings (SSSR count). The molecule has 0 fully saturated rings. The van der Waals surface area contributed by atoms with Gasteiger partial charge in [-0.1, -0.05) is 6.07 Å². The monoisotopic (exact) mass is 455 g/mol. The number of nitrogens with zero attached hydrogens (tertiary/aromatic N) is 3. The second-order valence-electron chi connectivity index (χ2n) is 5.74. The van der Waals surface area contributed by atoms with E-state index in [9.17, 15) is 22.8 Å². The Morgan fingerprint density at radius 2 is 1.96 bits per heavy atom. The van der Waals surface area contributed by atoms with Crippen LogP contribution in [0.3, 0.4) is 0 Å². The lowest BCUT2D eigenvalue weighted by atomic mass is 10.1. The quantitative estimate of drug-likeness (QED) is 0.441. The van der Waals surface area contributed by atoms with Crippen LogP contribution >= 0.6 is 15.9 Å². The summed E-state index contributed by atoms with van der Waals surface area (Å²) < 4.78 is 46.0. The van der Waals surface area contributed by atoms with Crippen LogP contribution in [0.25, 0.3) is 11.0 Å². The highest BCUT2D eigenvalue weighted by atomic mass is 79.9. The van der Waals surface area contributed by atoms with Crippen LogP contribution in [0.15, 0.2) is 45.9 Å². The Morgan fingerprint density at radius 3 is 2.61 bits per heavy atom. The molecule has 28 heavy (non-hydrogen) atoms. The van der Waals surface area contributed by atoms with Gasteiger partial charge < -0.3 is 9.30 Å². The molecule has 0 atom stereocenters. The summed E-state index contributed by atoms with van der Waals surface area (Å²) in [4.78, 5) is 32.6. The molecule has 0 unspecified atom stereocenters. The third-order valence-electron chi connectivity index (χ3n) is 3.81. The van der Waals surface area contributed by atoms with Crippen LogP contribution in [0.5, 0.6) is 0 Å². The molecule has 0 aromatic carbocycles. The van der Waals surface area contributed by atoms with Gasteiger partial charge in [0.05, 0.1) is 24.2 Å². The van der Waals surface area contributed by atoms with Gasteiger partial charge >= 0.3 is 12.1 Å². The topological polar surface area (TPSA) is 74.1 Å². The number of alkyl halides is 3. The highest BCUT2D eigenvalue weighted by molar-refractivity contribution is 9.10. The lowest BCUT2D eigenvalue weighted by Gasteiger charge is -2.14. The molecular weight excluding hydrogens is 443 g/mol. The van der Waals surface area contributed by atoms with Crippen molar-refractivity contribution in [1.82, 2.24) is 14.5 Å². The average molecular weight is 456 g/mol. The molecule has 0 saturated carbocycles. The fourth-order valence-corrected chi connectivity index (χ4v) is 2.99. The van der Waals surface area contributed by atoms with Crippen molar-refractivity contribution in [3.63, 3.8) is 0 Å².